The van der Waals surface area contributed by atoms with Crippen molar-refractivity contribution < 1.29 is 18.3 Å². The molecule has 0 amide bonds. The van der Waals surface area contributed by atoms with Crippen molar-refractivity contribution in [2.45, 2.75) is 25.7 Å². The van der Waals surface area contributed by atoms with Crippen LogP contribution in [0.3, 0.4) is 0 Å². The van der Waals surface area contributed by atoms with Gasteiger partial charge < -0.3 is 5.11 Å². The van der Waals surface area contributed by atoms with Gasteiger partial charge in [-0.05, 0) is 22.9 Å². The molecule has 3 nitrogen and oxygen atoms in total. The molecule has 0 saturated heterocycles. The molecule has 80 valence electrons. The quantitative estimate of drug-likeness (QED) is 0.897. The van der Waals surface area contributed by atoms with Crippen molar-refractivity contribution in [2.75, 3.05) is 0 Å². The largest absolute Gasteiger partial charge is 0.420 e. The summed E-state index contributed by atoms with van der Waals surface area (Å²) in [5.41, 5.74) is -0.264. The lowest BCUT2D eigenvalue weighted by Gasteiger charge is -2.16. The standard InChI is InChI=1S/C7H8BrF3N2O/c1-2-13-5(4(8)3-12-13)6(14)7(9,10)11/h3,6,14H,2H2,1H3/t6-/m0/s1. The summed E-state index contributed by atoms with van der Waals surface area (Å²) < 4.78 is 37.8. The van der Waals surface area contributed by atoms with E-state index >= 15 is 0 Å². The van der Waals surface area contributed by atoms with E-state index in [4.69, 9.17) is 5.11 Å². The van der Waals surface area contributed by atoms with Crippen LogP contribution < -0.4 is 0 Å². The molecule has 1 atom stereocenters. The summed E-state index contributed by atoms with van der Waals surface area (Å²) in [5.74, 6) is 0. The number of alkyl halides is 3. The van der Waals surface area contributed by atoms with Crippen molar-refractivity contribution >= 4 is 15.9 Å². The second kappa shape index (κ2) is 3.90. The summed E-state index contributed by atoms with van der Waals surface area (Å²) in [7, 11) is 0. The van der Waals surface area contributed by atoms with E-state index in [2.05, 4.69) is 21.0 Å². The van der Waals surface area contributed by atoms with Gasteiger partial charge >= 0.3 is 6.18 Å². The monoisotopic (exact) mass is 272 g/mol. The number of aliphatic hydroxyl groups excluding tert-OH is 1. The molecule has 1 aromatic heterocycles. The molecule has 0 aromatic carbocycles. The molecule has 0 aliphatic heterocycles. The van der Waals surface area contributed by atoms with Crippen LogP contribution in [0, 0.1) is 0 Å². The summed E-state index contributed by atoms with van der Waals surface area (Å²) >= 11 is 2.91. The Kier molecular flexibility index (Phi) is 3.20. The lowest BCUT2D eigenvalue weighted by molar-refractivity contribution is -0.209. The second-order valence-corrected chi connectivity index (χ2v) is 3.49. The third kappa shape index (κ3) is 2.09. The summed E-state index contributed by atoms with van der Waals surface area (Å²) in [5, 5.41) is 12.7. The Bertz CT molecular complexity index is 323. The summed E-state index contributed by atoms with van der Waals surface area (Å²) in [6, 6.07) is 0. The van der Waals surface area contributed by atoms with Crippen LogP contribution in [0.4, 0.5) is 13.2 Å². The zero-order valence-electron chi connectivity index (χ0n) is 7.22. The molecule has 0 aliphatic rings. The van der Waals surface area contributed by atoms with Gasteiger partial charge in [-0.15, -0.1) is 0 Å². The van der Waals surface area contributed by atoms with E-state index in [9.17, 15) is 13.2 Å². The first-order chi connectivity index (χ1) is 6.38. The molecular weight excluding hydrogens is 265 g/mol. The van der Waals surface area contributed by atoms with E-state index in [1.807, 2.05) is 0 Å². The fourth-order valence-corrected chi connectivity index (χ4v) is 1.56. The summed E-state index contributed by atoms with van der Waals surface area (Å²) in [6.45, 7) is 1.92. The van der Waals surface area contributed by atoms with E-state index < -0.39 is 12.3 Å². The van der Waals surface area contributed by atoms with Crippen LogP contribution in [-0.4, -0.2) is 21.1 Å². The average molecular weight is 273 g/mol. The van der Waals surface area contributed by atoms with E-state index in [-0.39, 0.29) is 16.7 Å². The van der Waals surface area contributed by atoms with Gasteiger partial charge in [-0.25, -0.2) is 0 Å². The minimum atomic E-state index is -4.67. The maximum atomic E-state index is 12.2. The van der Waals surface area contributed by atoms with Crippen LogP contribution in [0.2, 0.25) is 0 Å². The lowest BCUT2D eigenvalue weighted by Crippen LogP contribution is -2.23. The number of aromatic nitrogens is 2. The summed E-state index contributed by atoms with van der Waals surface area (Å²) in [4.78, 5) is 0. The molecule has 7 heteroatoms. The topological polar surface area (TPSA) is 38.0 Å². The van der Waals surface area contributed by atoms with E-state index in [0.717, 1.165) is 4.68 Å². The molecule has 0 fully saturated rings. The molecule has 0 radical (unpaired) electrons. The summed E-state index contributed by atoms with van der Waals surface area (Å²) in [6.07, 6.45) is -5.94. The van der Waals surface area contributed by atoms with Crippen molar-refractivity contribution in [3.8, 4) is 0 Å². The molecule has 14 heavy (non-hydrogen) atoms. The molecule has 0 unspecified atom stereocenters. The van der Waals surface area contributed by atoms with Crippen LogP contribution in [0.25, 0.3) is 0 Å². The average Bonchev–Trinajstić information content (AvgIpc) is 2.43. The minimum absolute atomic E-state index is 0.157. The Morgan fingerprint density at radius 1 is 1.64 bits per heavy atom. The normalized spacial score (nSPS) is 14.4. The van der Waals surface area contributed by atoms with Gasteiger partial charge in [0.1, 0.15) is 0 Å². The van der Waals surface area contributed by atoms with Crippen LogP contribution >= 0.6 is 15.9 Å². The number of hydrogen-bond donors (Lipinski definition) is 1. The Morgan fingerprint density at radius 3 is 2.64 bits per heavy atom. The van der Waals surface area contributed by atoms with E-state index in [1.165, 1.54) is 6.20 Å². The van der Waals surface area contributed by atoms with Crippen LogP contribution in [0.15, 0.2) is 10.7 Å². The zero-order chi connectivity index (χ0) is 10.9. The van der Waals surface area contributed by atoms with Gasteiger partial charge in [0.05, 0.1) is 16.4 Å². The number of hydrogen-bond acceptors (Lipinski definition) is 2. The maximum absolute atomic E-state index is 12.2. The fraction of sp³-hybridized carbons (Fsp3) is 0.571. The molecule has 1 N–H and O–H groups in total. The molecule has 0 aliphatic carbocycles. The molecule has 1 aromatic rings. The fourth-order valence-electron chi connectivity index (χ4n) is 1.05. The Labute approximate surface area is 86.7 Å². The van der Waals surface area contributed by atoms with Gasteiger partial charge in [-0.2, -0.15) is 18.3 Å². The maximum Gasteiger partial charge on any atom is 0.420 e. The van der Waals surface area contributed by atoms with Crippen LogP contribution in [0.5, 0.6) is 0 Å². The van der Waals surface area contributed by atoms with E-state index in [0.29, 0.717) is 0 Å². The molecule has 0 bridgehead atoms. The Hall–Kier alpha value is -0.560. The van der Waals surface area contributed by atoms with Crippen molar-refractivity contribution in [3.63, 3.8) is 0 Å². The molecule has 0 saturated carbocycles. The van der Waals surface area contributed by atoms with Gasteiger partial charge in [0.2, 0.25) is 0 Å². The molecule has 0 spiro atoms. The predicted molar refractivity (Wildman–Crippen MR) is 46.6 cm³/mol. The smallest absolute Gasteiger partial charge is 0.378 e. The van der Waals surface area contributed by atoms with Crippen LogP contribution in [-0.2, 0) is 6.54 Å². The number of rotatable bonds is 2. The Morgan fingerprint density at radius 2 is 2.21 bits per heavy atom. The van der Waals surface area contributed by atoms with Gasteiger partial charge in [0.25, 0.3) is 0 Å². The number of halogens is 4. The predicted octanol–water partition coefficient (Wildman–Crippen LogP) is 2.26. The van der Waals surface area contributed by atoms with Gasteiger partial charge in [-0.3, -0.25) is 4.68 Å². The molecule has 1 rings (SSSR count). The van der Waals surface area contributed by atoms with Crippen molar-refractivity contribution in [1.29, 1.82) is 0 Å². The van der Waals surface area contributed by atoms with E-state index in [1.54, 1.807) is 6.92 Å². The second-order valence-electron chi connectivity index (χ2n) is 2.64. The lowest BCUT2D eigenvalue weighted by atomic mass is 10.2. The first-order valence-corrected chi connectivity index (χ1v) is 4.63. The third-order valence-electron chi connectivity index (χ3n) is 1.70. The zero-order valence-corrected chi connectivity index (χ0v) is 8.80. The highest BCUT2D eigenvalue weighted by Crippen LogP contribution is 2.35. The number of aliphatic hydroxyl groups is 1. The molecule has 1 heterocycles. The number of nitrogens with zero attached hydrogens (tertiary/aromatic N) is 2. The van der Waals surface area contributed by atoms with Crippen molar-refractivity contribution in [3.05, 3.63) is 16.4 Å². The highest BCUT2D eigenvalue weighted by Gasteiger charge is 2.42. The highest BCUT2D eigenvalue weighted by molar-refractivity contribution is 9.10. The number of aryl methyl sites for hydroxylation is 1. The SMILES string of the molecule is CCn1ncc(Br)c1[C@H](O)C(F)(F)F. The van der Waals surface area contributed by atoms with Gasteiger partial charge in [0.15, 0.2) is 6.10 Å². The first-order valence-electron chi connectivity index (χ1n) is 3.84. The highest BCUT2D eigenvalue weighted by atomic mass is 79.9. The van der Waals surface area contributed by atoms with Crippen molar-refractivity contribution in [2.24, 2.45) is 0 Å². The third-order valence-corrected chi connectivity index (χ3v) is 2.31. The first kappa shape index (κ1) is 11.5. The van der Waals surface area contributed by atoms with Gasteiger partial charge in [0, 0.05) is 6.54 Å². The minimum Gasteiger partial charge on any atom is -0.378 e. The Balaban J connectivity index is 3.11. The van der Waals surface area contributed by atoms with Crippen LogP contribution in [0.1, 0.15) is 18.7 Å². The van der Waals surface area contributed by atoms with Gasteiger partial charge in [-0.1, -0.05) is 0 Å². The molecular formula is C7H8BrF3N2O. The van der Waals surface area contributed by atoms with Crippen molar-refractivity contribution in [1.82, 2.24) is 9.78 Å².